The molecule has 3 N–H and O–H groups in total. The van der Waals surface area contributed by atoms with Crippen LogP contribution in [-0.4, -0.2) is 36.0 Å². The summed E-state index contributed by atoms with van der Waals surface area (Å²) in [6.07, 6.45) is 2.45. The molecule has 4 nitrogen and oxygen atoms in total. The van der Waals surface area contributed by atoms with Gasteiger partial charge in [0.05, 0.1) is 0 Å². The van der Waals surface area contributed by atoms with Gasteiger partial charge in [0.2, 0.25) is 0 Å². The van der Waals surface area contributed by atoms with Crippen LogP contribution in [0.4, 0.5) is 5.69 Å². The van der Waals surface area contributed by atoms with E-state index in [4.69, 9.17) is 28.9 Å². The lowest BCUT2D eigenvalue weighted by atomic mass is 9.99. The van der Waals surface area contributed by atoms with E-state index in [1.54, 1.807) is 18.2 Å². The van der Waals surface area contributed by atoms with Crippen molar-refractivity contribution in [2.75, 3.05) is 11.9 Å². The van der Waals surface area contributed by atoms with Crippen LogP contribution in [0.3, 0.4) is 0 Å². The zero-order chi connectivity index (χ0) is 14.7. The van der Waals surface area contributed by atoms with E-state index in [9.17, 15) is 4.79 Å². The lowest BCUT2D eigenvalue weighted by Gasteiger charge is -2.40. The first-order valence-electron chi connectivity index (χ1n) is 6.69. The van der Waals surface area contributed by atoms with Crippen molar-refractivity contribution >= 4 is 35.2 Å². The number of nitrogens with zero attached hydrogens (tertiary/aromatic N) is 1. The number of piperidine rings is 1. The van der Waals surface area contributed by atoms with Gasteiger partial charge in [0.25, 0.3) is 0 Å². The van der Waals surface area contributed by atoms with Crippen LogP contribution in [0.2, 0.25) is 10.0 Å². The highest BCUT2D eigenvalue weighted by Gasteiger charge is 2.29. The fourth-order valence-electron chi connectivity index (χ4n) is 2.55. The molecule has 1 saturated heterocycles. The quantitative estimate of drug-likeness (QED) is 0.839. The maximum atomic E-state index is 11.4. The van der Waals surface area contributed by atoms with Gasteiger partial charge in [0.1, 0.15) is 6.17 Å². The van der Waals surface area contributed by atoms with Gasteiger partial charge in [0.15, 0.2) is 6.29 Å². The minimum Gasteiger partial charge on any atom is -0.364 e. The average Bonchev–Trinajstić information content (AvgIpc) is 2.38. The molecule has 1 aliphatic rings. The first kappa shape index (κ1) is 15.6. The van der Waals surface area contributed by atoms with Crippen LogP contribution in [0.15, 0.2) is 18.2 Å². The summed E-state index contributed by atoms with van der Waals surface area (Å²) < 4.78 is 0. The molecule has 1 fully saturated rings. The van der Waals surface area contributed by atoms with E-state index >= 15 is 0 Å². The maximum Gasteiger partial charge on any atom is 0.157 e. The number of benzene rings is 1. The molecule has 1 aromatic rings. The molecular formula is C14H19Cl2N3O. The van der Waals surface area contributed by atoms with Crippen molar-refractivity contribution in [2.24, 2.45) is 5.73 Å². The second-order valence-corrected chi connectivity index (χ2v) is 6.14. The number of likely N-dealkylation sites (tertiary alicyclic amines) is 1. The van der Waals surface area contributed by atoms with E-state index in [2.05, 4.69) is 17.1 Å². The molecule has 0 amide bonds. The van der Waals surface area contributed by atoms with Gasteiger partial charge in [-0.15, -0.1) is 0 Å². The number of nitrogens with two attached hydrogens (primary N) is 1. The smallest absolute Gasteiger partial charge is 0.157 e. The number of nitrogens with one attached hydrogen (secondary N) is 1. The number of aldehydes is 1. The molecule has 1 aliphatic heterocycles. The zero-order valence-corrected chi connectivity index (χ0v) is 12.9. The maximum absolute atomic E-state index is 11.4. The Morgan fingerprint density at radius 1 is 1.35 bits per heavy atom. The highest BCUT2D eigenvalue weighted by Crippen LogP contribution is 2.24. The van der Waals surface area contributed by atoms with Gasteiger partial charge in [-0.2, -0.15) is 0 Å². The molecule has 0 aromatic heterocycles. The number of rotatable bonds is 4. The SMILES string of the molecule is CC1CCC(N)CN1C(C=O)Nc1cc(Cl)cc(Cl)c1. The Kier molecular flexibility index (Phi) is 5.27. The van der Waals surface area contributed by atoms with Crippen LogP contribution in [0.1, 0.15) is 19.8 Å². The number of anilines is 1. The molecule has 1 heterocycles. The molecule has 0 saturated carbocycles. The third-order valence-corrected chi connectivity index (χ3v) is 4.07. The first-order valence-corrected chi connectivity index (χ1v) is 7.44. The van der Waals surface area contributed by atoms with E-state index in [1.807, 2.05) is 0 Å². The Labute approximate surface area is 129 Å². The Balaban J connectivity index is 2.13. The largest absolute Gasteiger partial charge is 0.364 e. The first-order chi connectivity index (χ1) is 9.49. The fourth-order valence-corrected chi connectivity index (χ4v) is 3.08. The van der Waals surface area contributed by atoms with Crippen LogP contribution in [0, 0.1) is 0 Å². The molecule has 110 valence electrons. The summed E-state index contributed by atoms with van der Waals surface area (Å²) >= 11 is 11.9. The number of halogens is 2. The van der Waals surface area contributed by atoms with E-state index in [-0.39, 0.29) is 6.04 Å². The van der Waals surface area contributed by atoms with Gasteiger partial charge < -0.3 is 11.1 Å². The second kappa shape index (κ2) is 6.76. The van der Waals surface area contributed by atoms with Crippen molar-refractivity contribution in [3.63, 3.8) is 0 Å². The number of carbonyl (C=O) groups excluding carboxylic acids is 1. The molecule has 1 aromatic carbocycles. The third-order valence-electron chi connectivity index (χ3n) is 3.63. The standard InChI is InChI=1S/C14H19Cl2N3O/c1-9-2-3-12(17)7-19(9)14(8-20)18-13-5-10(15)4-11(16)6-13/h4-6,8-9,12,14,18H,2-3,7,17H2,1H3. The highest BCUT2D eigenvalue weighted by molar-refractivity contribution is 6.35. The molecule has 2 rings (SSSR count). The van der Waals surface area contributed by atoms with E-state index in [1.165, 1.54) is 0 Å². The molecule has 0 aliphatic carbocycles. The average molecular weight is 316 g/mol. The molecule has 20 heavy (non-hydrogen) atoms. The van der Waals surface area contributed by atoms with Crippen LogP contribution in [0.25, 0.3) is 0 Å². The van der Waals surface area contributed by atoms with E-state index in [0.717, 1.165) is 24.8 Å². The zero-order valence-electron chi connectivity index (χ0n) is 11.4. The second-order valence-electron chi connectivity index (χ2n) is 5.27. The Bertz CT molecular complexity index is 463. The van der Waals surface area contributed by atoms with Crippen LogP contribution in [-0.2, 0) is 4.79 Å². The van der Waals surface area contributed by atoms with Gasteiger partial charge in [-0.05, 0) is 38.0 Å². The minimum absolute atomic E-state index is 0.110. The molecular weight excluding hydrogens is 297 g/mol. The van der Waals surface area contributed by atoms with Crippen molar-refractivity contribution in [2.45, 2.75) is 38.0 Å². The van der Waals surface area contributed by atoms with Gasteiger partial charge in [-0.25, -0.2) is 0 Å². The van der Waals surface area contributed by atoms with Crippen LogP contribution >= 0.6 is 23.2 Å². The highest BCUT2D eigenvalue weighted by atomic mass is 35.5. The third kappa shape index (κ3) is 3.85. The van der Waals surface area contributed by atoms with E-state index in [0.29, 0.717) is 22.6 Å². The number of hydrogen-bond acceptors (Lipinski definition) is 4. The fraction of sp³-hybridized carbons (Fsp3) is 0.500. The van der Waals surface area contributed by atoms with Gasteiger partial charge in [0, 0.05) is 34.4 Å². The minimum atomic E-state index is -0.425. The molecule has 3 atom stereocenters. The summed E-state index contributed by atoms with van der Waals surface area (Å²) in [4.78, 5) is 13.5. The molecule has 3 unspecified atom stereocenters. The predicted molar refractivity (Wildman–Crippen MR) is 83.3 cm³/mol. The van der Waals surface area contributed by atoms with Gasteiger partial charge in [-0.1, -0.05) is 23.2 Å². The van der Waals surface area contributed by atoms with Crippen molar-refractivity contribution < 1.29 is 4.79 Å². The Hall–Kier alpha value is -0.810. The molecule has 6 heteroatoms. The predicted octanol–water partition coefficient (Wildman–Crippen LogP) is 2.74. The van der Waals surface area contributed by atoms with Gasteiger partial charge >= 0.3 is 0 Å². The topological polar surface area (TPSA) is 58.4 Å². The summed E-state index contributed by atoms with van der Waals surface area (Å²) in [6.45, 7) is 2.81. The molecule has 0 bridgehead atoms. The summed E-state index contributed by atoms with van der Waals surface area (Å²) in [5.41, 5.74) is 6.72. The van der Waals surface area contributed by atoms with Crippen LogP contribution in [0.5, 0.6) is 0 Å². The summed E-state index contributed by atoms with van der Waals surface area (Å²) in [5.74, 6) is 0. The monoisotopic (exact) mass is 315 g/mol. The Morgan fingerprint density at radius 3 is 2.60 bits per heavy atom. The van der Waals surface area contributed by atoms with Crippen molar-refractivity contribution in [3.8, 4) is 0 Å². The number of hydrogen-bond donors (Lipinski definition) is 2. The van der Waals surface area contributed by atoms with Gasteiger partial charge in [-0.3, -0.25) is 9.69 Å². The number of carbonyl (C=O) groups is 1. The van der Waals surface area contributed by atoms with Crippen LogP contribution < -0.4 is 11.1 Å². The summed E-state index contributed by atoms with van der Waals surface area (Å²) in [7, 11) is 0. The molecule has 0 spiro atoms. The lowest BCUT2D eigenvalue weighted by Crippen LogP contribution is -2.55. The van der Waals surface area contributed by atoms with Crippen molar-refractivity contribution in [3.05, 3.63) is 28.2 Å². The normalized spacial score (nSPS) is 25.2. The summed E-state index contributed by atoms with van der Waals surface area (Å²) in [6, 6.07) is 5.58. The summed E-state index contributed by atoms with van der Waals surface area (Å²) in [5, 5.41) is 4.23. The van der Waals surface area contributed by atoms with E-state index < -0.39 is 6.17 Å². The Morgan fingerprint density at radius 2 is 2.00 bits per heavy atom. The molecule has 0 radical (unpaired) electrons. The van der Waals surface area contributed by atoms with Crippen molar-refractivity contribution in [1.29, 1.82) is 0 Å². The lowest BCUT2D eigenvalue weighted by molar-refractivity contribution is -0.112. The van der Waals surface area contributed by atoms with Crippen molar-refractivity contribution in [1.82, 2.24) is 4.90 Å².